The van der Waals surface area contributed by atoms with Gasteiger partial charge < -0.3 is 10.4 Å². The molecule has 21 heavy (non-hydrogen) atoms. The lowest BCUT2D eigenvalue weighted by atomic mass is 10.1. The molecule has 0 fully saturated rings. The first kappa shape index (κ1) is 13.1. The topological polar surface area (TPSA) is 49.3 Å². The van der Waals surface area contributed by atoms with Crippen molar-refractivity contribution in [1.82, 2.24) is 0 Å². The maximum Gasteiger partial charge on any atom is 0.255 e. The van der Waals surface area contributed by atoms with Crippen molar-refractivity contribution >= 4 is 22.4 Å². The molecule has 104 valence electrons. The summed E-state index contributed by atoms with van der Waals surface area (Å²) in [5.41, 5.74) is 0.810. The molecule has 0 saturated carbocycles. The summed E-state index contributed by atoms with van der Waals surface area (Å²) in [6, 6.07) is 15.8. The number of fused-ring (bicyclic) bond motifs is 1. The molecule has 0 aromatic heterocycles. The fourth-order valence-electron chi connectivity index (χ4n) is 2.23. The molecule has 0 unspecified atom stereocenters. The summed E-state index contributed by atoms with van der Waals surface area (Å²) in [7, 11) is 0. The highest BCUT2D eigenvalue weighted by atomic mass is 19.1. The van der Waals surface area contributed by atoms with Gasteiger partial charge in [-0.3, -0.25) is 4.79 Å². The zero-order valence-electron chi connectivity index (χ0n) is 11.0. The van der Waals surface area contributed by atoms with Crippen molar-refractivity contribution in [2.75, 3.05) is 5.32 Å². The highest BCUT2D eigenvalue weighted by Crippen LogP contribution is 2.30. The Balaban J connectivity index is 1.99. The Bertz CT molecular complexity index is 830. The van der Waals surface area contributed by atoms with Crippen molar-refractivity contribution < 1.29 is 14.3 Å². The second kappa shape index (κ2) is 5.25. The average Bonchev–Trinajstić information content (AvgIpc) is 2.48. The number of benzene rings is 3. The van der Waals surface area contributed by atoms with Crippen LogP contribution < -0.4 is 5.32 Å². The number of amides is 1. The van der Waals surface area contributed by atoms with Gasteiger partial charge in [-0.25, -0.2) is 4.39 Å². The Morgan fingerprint density at radius 1 is 0.952 bits per heavy atom. The lowest BCUT2D eigenvalue weighted by molar-refractivity contribution is 0.102. The van der Waals surface area contributed by atoms with Crippen LogP contribution in [0.5, 0.6) is 5.75 Å². The minimum Gasteiger partial charge on any atom is -0.507 e. The molecule has 4 heteroatoms. The molecule has 2 N–H and O–H groups in total. The predicted molar refractivity (Wildman–Crippen MR) is 80.0 cm³/mol. The van der Waals surface area contributed by atoms with Crippen LogP contribution in [0.4, 0.5) is 10.1 Å². The number of halogens is 1. The Morgan fingerprint density at radius 3 is 2.48 bits per heavy atom. The van der Waals surface area contributed by atoms with E-state index in [9.17, 15) is 14.3 Å². The van der Waals surface area contributed by atoms with Crippen LogP contribution in [-0.4, -0.2) is 11.0 Å². The number of rotatable bonds is 2. The largest absolute Gasteiger partial charge is 0.507 e. The summed E-state index contributed by atoms with van der Waals surface area (Å²) in [5.74, 6) is -0.710. The first-order valence-corrected chi connectivity index (χ1v) is 6.43. The maximum atomic E-state index is 13.2. The molecule has 3 aromatic carbocycles. The summed E-state index contributed by atoms with van der Waals surface area (Å²) >= 11 is 0. The quantitative estimate of drug-likeness (QED) is 0.747. The van der Waals surface area contributed by atoms with Gasteiger partial charge in [-0.15, -0.1) is 0 Å². The standard InChI is InChI=1S/C17H12FNO2/c18-12-5-1-4-11(10-12)17(21)19-15-8-2-7-14-13(15)6-3-9-16(14)20/h1-10,20H,(H,19,21). The van der Waals surface area contributed by atoms with Crippen LogP contribution in [0.2, 0.25) is 0 Å². The van der Waals surface area contributed by atoms with E-state index >= 15 is 0 Å². The SMILES string of the molecule is O=C(Nc1cccc2c(O)cccc12)c1cccc(F)c1. The van der Waals surface area contributed by atoms with Crippen LogP contribution >= 0.6 is 0 Å². The average molecular weight is 281 g/mol. The van der Waals surface area contributed by atoms with Crippen LogP contribution in [0.15, 0.2) is 60.7 Å². The van der Waals surface area contributed by atoms with Gasteiger partial charge in [0.25, 0.3) is 5.91 Å². The summed E-state index contributed by atoms with van der Waals surface area (Å²) < 4.78 is 13.2. The molecule has 0 bridgehead atoms. The summed E-state index contributed by atoms with van der Waals surface area (Å²) in [6.45, 7) is 0. The van der Waals surface area contributed by atoms with E-state index in [1.807, 2.05) is 0 Å². The van der Waals surface area contributed by atoms with Crippen LogP contribution in [0.25, 0.3) is 10.8 Å². The van der Waals surface area contributed by atoms with Gasteiger partial charge in [0.15, 0.2) is 0 Å². The Morgan fingerprint density at radius 2 is 1.67 bits per heavy atom. The van der Waals surface area contributed by atoms with Crippen LogP contribution in [-0.2, 0) is 0 Å². The molecule has 0 aliphatic heterocycles. The van der Waals surface area contributed by atoms with E-state index in [4.69, 9.17) is 0 Å². The van der Waals surface area contributed by atoms with Gasteiger partial charge in [-0.1, -0.05) is 30.3 Å². The minimum atomic E-state index is -0.460. The Labute approximate surface area is 120 Å². The second-order valence-electron chi connectivity index (χ2n) is 4.64. The molecule has 0 spiro atoms. The zero-order valence-corrected chi connectivity index (χ0v) is 11.0. The van der Waals surface area contributed by atoms with Gasteiger partial charge >= 0.3 is 0 Å². The van der Waals surface area contributed by atoms with E-state index in [1.54, 1.807) is 42.5 Å². The highest BCUT2D eigenvalue weighted by Gasteiger charge is 2.10. The van der Waals surface area contributed by atoms with Gasteiger partial charge in [0, 0.05) is 22.0 Å². The van der Waals surface area contributed by atoms with Crippen molar-refractivity contribution in [1.29, 1.82) is 0 Å². The molecule has 0 heterocycles. The van der Waals surface area contributed by atoms with Gasteiger partial charge in [-0.05, 0) is 30.3 Å². The number of anilines is 1. The van der Waals surface area contributed by atoms with Gasteiger partial charge in [0.2, 0.25) is 0 Å². The van der Waals surface area contributed by atoms with Crippen molar-refractivity contribution in [2.24, 2.45) is 0 Å². The maximum absolute atomic E-state index is 13.2. The molecule has 0 atom stereocenters. The van der Waals surface area contributed by atoms with E-state index in [0.29, 0.717) is 11.1 Å². The second-order valence-corrected chi connectivity index (χ2v) is 4.64. The Hall–Kier alpha value is -2.88. The smallest absolute Gasteiger partial charge is 0.255 e. The van der Waals surface area contributed by atoms with Crippen molar-refractivity contribution in [3.8, 4) is 5.75 Å². The third-order valence-electron chi connectivity index (χ3n) is 3.23. The molecule has 0 aliphatic rings. The van der Waals surface area contributed by atoms with E-state index < -0.39 is 11.7 Å². The van der Waals surface area contributed by atoms with Gasteiger partial charge in [0.1, 0.15) is 11.6 Å². The monoisotopic (exact) mass is 281 g/mol. The van der Waals surface area contributed by atoms with Crippen LogP contribution in [0.1, 0.15) is 10.4 Å². The van der Waals surface area contributed by atoms with Crippen LogP contribution in [0.3, 0.4) is 0 Å². The van der Waals surface area contributed by atoms with Gasteiger partial charge in [-0.2, -0.15) is 0 Å². The van der Waals surface area contributed by atoms with E-state index in [-0.39, 0.29) is 11.3 Å². The zero-order chi connectivity index (χ0) is 14.8. The molecule has 0 saturated heterocycles. The number of aromatic hydroxyl groups is 1. The third-order valence-corrected chi connectivity index (χ3v) is 3.23. The molecule has 1 amide bonds. The first-order chi connectivity index (χ1) is 10.1. The number of nitrogens with one attached hydrogen (secondary N) is 1. The third kappa shape index (κ3) is 2.56. The molecular weight excluding hydrogens is 269 g/mol. The molecular formula is C17H12FNO2. The number of hydrogen-bond acceptors (Lipinski definition) is 2. The summed E-state index contributed by atoms with van der Waals surface area (Å²) in [6.07, 6.45) is 0. The van der Waals surface area contributed by atoms with Crippen molar-refractivity contribution in [2.45, 2.75) is 0 Å². The lowest BCUT2D eigenvalue weighted by Gasteiger charge is -2.09. The number of phenolic OH excluding ortho intramolecular Hbond substituents is 1. The molecule has 0 aliphatic carbocycles. The minimum absolute atomic E-state index is 0.148. The number of carbonyl (C=O) groups excluding carboxylic acids is 1. The van der Waals surface area contributed by atoms with Gasteiger partial charge in [0.05, 0.1) is 0 Å². The summed E-state index contributed by atoms with van der Waals surface area (Å²) in [4.78, 5) is 12.2. The van der Waals surface area contributed by atoms with Crippen molar-refractivity contribution in [3.63, 3.8) is 0 Å². The normalized spacial score (nSPS) is 10.5. The number of carbonyl (C=O) groups is 1. The first-order valence-electron chi connectivity index (χ1n) is 6.43. The predicted octanol–water partition coefficient (Wildman–Crippen LogP) is 3.94. The fourth-order valence-corrected chi connectivity index (χ4v) is 2.23. The summed E-state index contributed by atoms with van der Waals surface area (Å²) in [5, 5.41) is 13.9. The Kier molecular flexibility index (Phi) is 3.28. The molecule has 3 aromatic rings. The van der Waals surface area contributed by atoms with E-state index in [1.165, 1.54) is 18.2 Å². The highest BCUT2D eigenvalue weighted by molar-refractivity contribution is 6.09. The van der Waals surface area contributed by atoms with E-state index in [2.05, 4.69) is 5.32 Å². The molecule has 0 radical (unpaired) electrons. The van der Waals surface area contributed by atoms with Crippen LogP contribution in [0, 0.1) is 5.82 Å². The molecule has 3 rings (SSSR count). The number of phenols is 1. The lowest BCUT2D eigenvalue weighted by Crippen LogP contribution is -2.12. The van der Waals surface area contributed by atoms with E-state index in [0.717, 1.165) is 5.39 Å². The number of hydrogen-bond donors (Lipinski definition) is 2. The fraction of sp³-hybridized carbons (Fsp3) is 0. The molecule has 3 nitrogen and oxygen atoms in total. The van der Waals surface area contributed by atoms with Crippen molar-refractivity contribution in [3.05, 3.63) is 72.0 Å².